The molecule has 2 saturated heterocycles. The van der Waals surface area contributed by atoms with Crippen LogP contribution in [0, 0.1) is 0 Å². The summed E-state index contributed by atoms with van der Waals surface area (Å²) in [5.74, 6) is 0.0873. The van der Waals surface area contributed by atoms with Crippen molar-refractivity contribution in [3.63, 3.8) is 0 Å². The van der Waals surface area contributed by atoms with Crippen molar-refractivity contribution in [2.24, 2.45) is 0 Å². The third kappa shape index (κ3) is 5.23. The van der Waals surface area contributed by atoms with Crippen molar-refractivity contribution >= 4 is 23.4 Å². The number of rotatable bonds is 5. The summed E-state index contributed by atoms with van der Waals surface area (Å²) in [6.45, 7) is 5.50. The molecule has 3 aromatic rings. The molecule has 40 heavy (non-hydrogen) atoms. The summed E-state index contributed by atoms with van der Waals surface area (Å²) >= 11 is 0. The van der Waals surface area contributed by atoms with Gasteiger partial charge in [0.2, 0.25) is 5.88 Å². The highest BCUT2D eigenvalue weighted by atomic mass is 19.4. The summed E-state index contributed by atoms with van der Waals surface area (Å²) in [6.07, 6.45) is 0.283. The maximum atomic E-state index is 13.5. The van der Waals surface area contributed by atoms with Gasteiger partial charge in [-0.1, -0.05) is 12.1 Å². The van der Waals surface area contributed by atoms with Crippen LogP contribution in [0.15, 0.2) is 42.9 Å². The van der Waals surface area contributed by atoms with E-state index in [1.165, 1.54) is 29.4 Å². The summed E-state index contributed by atoms with van der Waals surface area (Å²) in [5, 5.41) is 2.75. The predicted octanol–water partition coefficient (Wildman–Crippen LogP) is 4.11. The van der Waals surface area contributed by atoms with Crippen molar-refractivity contribution in [1.29, 1.82) is 0 Å². The second-order valence-electron chi connectivity index (χ2n) is 10.2. The van der Waals surface area contributed by atoms with Crippen LogP contribution in [0.2, 0.25) is 0 Å². The number of fused-ring (bicyclic) bond motifs is 4. The maximum Gasteiger partial charge on any atom is 0.416 e. The number of aromatic nitrogens is 4. The fourth-order valence-electron chi connectivity index (χ4n) is 5.02. The topological polar surface area (TPSA) is 115 Å². The SMILES string of the molecule is CC1(C)OC[C@H](COc2cncc(NC(=O)N3c4nc(-c5cccc(C(F)(F)F)c5)ncc4N4CC[C@H]3C4)n2)O1. The molecular weight excluding hydrogens is 531 g/mol. The van der Waals surface area contributed by atoms with Crippen LogP contribution in [0.1, 0.15) is 25.8 Å². The van der Waals surface area contributed by atoms with Gasteiger partial charge in [-0.15, -0.1) is 0 Å². The van der Waals surface area contributed by atoms with Gasteiger partial charge in [0.05, 0.1) is 42.5 Å². The molecule has 2 bridgehead atoms. The van der Waals surface area contributed by atoms with Gasteiger partial charge in [-0.3, -0.25) is 15.2 Å². The Kier molecular flexibility index (Phi) is 6.45. The lowest BCUT2D eigenvalue weighted by Crippen LogP contribution is -2.48. The Hall–Kier alpha value is -4.04. The number of benzene rings is 1. The zero-order valence-electron chi connectivity index (χ0n) is 21.7. The second kappa shape index (κ2) is 9.86. The summed E-state index contributed by atoms with van der Waals surface area (Å²) in [5.41, 5.74) is 0.0206. The molecule has 14 heteroatoms. The number of anilines is 3. The molecule has 0 spiro atoms. The molecule has 0 radical (unpaired) electrons. The number of carbonyl (C=O) groups excluding carboxylic acids is 1. The number of alkyl halides is 3. The molecular formula is C26H26F3N7O4. The van der Waals surface area contributed by atoms with Gasteiger partial charge in [-0.05, 0) is 32.4 Å². The van der Waals surface area contributed by atoms with Gasteiger partial charge in [0, 0.05) is 18.7 Å². The lowest BCUT2D eigenvalue weighted by molar-refractivity contribution is -0.141. The molecule has 0 saturated carbocycles. The smallest absolute Gasteiger partial charge is 0.416 e. The largest absolute Gasteiger partial charge is 0.474 e. The highest BCUT2D eigenvalue weighted by molar-refractivity contribution is 6.04. The molecule has 1 N–H and O–H groups in total. The number of halogens is 3. The van der Waals surface area contributed by atoms with Crippen molar-refractivity contribution in [3.8, 4) is 17.3 Å². The van der Waals surface area contributed by atoms with E-state index in [0.29, 0.717) is 37.6 Å². The Morgan fingerprint density at radius 1 is 1.23 bits per heavy atom. The number of hydrogen-bond donors (Lipinski definition) is 1. The first-order valence-electron chi connectivity index (χ1n) is 12.7. The fourth-order valence-corrected chi connectivity index (χ4v) is 5.02. The molecule has 0 unspecified atom stereocenters. The monoisotopic (exact) mass is 557 g/mol. The van der Waals surface area contributed by atoms with Crippen LogP contribution >= 0.6 is 0 Å². The van der Waals surface area contributed by atoms with E-state index in [1.807, 2.05) is 13.8 Å². The normalized spacial score (nSPS) is 21.3. The van der Waals surface area contributed by atoms with Crippen LogP contribution in [0.4, 0.5) is 35.3 Å². The number of hydrogen-bond acceptors (Lipinski definition) is 9. The summed E-state index contributed by atoms with van der Waals surface area (Å²) < 4.78 is 56.8. The fraction of sp³-hybridized carbons (Fsp3) is 0.423. The minimum absolute atomic E-state index is 0.0848. The minimum atomic E-state index is -4.51. The number of carbonyl (C=O) groups is 1. The van der Waals surface area contributed by atoms with E-state index in [1.54, 1.807) is 6.20 Å². The van der Waals surface area contributed by atoms with Crippen molar-refractivity contribution in [2.45, 2.75) is 44.4 Å². The Balaban J connectivity index is 1.22. The average Bonchev–Trinajstić information content (AvgIpc) is 3.50. The first-order valence-corrected chi connectivity index (χ1v) is 12.7. The summed E-state index contributed by atoms with van der Waals surface area (Å²) in [7, 11) is 0. The summed E-state index contributed by atoms with van der Waals surface area (Å²) in [4.78, 5) is 34.4. The van der Waals surface area contributed by atoms with E-state index in [4.69, 9.17) is 14.2 Å². The highest BCUT2D eigenvalue weighted by Gasteiger charge is 2.41. The van der Waals surface area contributed by atoms with Crippen LogP contribution in [0.25, 0.3) is 11.4 Å². The zero-order chi connectivity index (χ0) is 28.1. The minimum Gasteiger partial charge on any atom is -0.474 e. The molecule has 0 aliphatic carbocycles. The van der Waals surface area contributed by atoms with E-state index >= 15 is 0 Å². The molecule has 2 fully saturated rings. The average molecular weight is 558 g/mol. The van der Waals surface area contributed by atoms with Gasteiger partial charge in [0.25, 0.3) is 0 Å². The van der Waals surface area contributed by atoms with E-state index in [9.17, 15) is 18.0 Å². The lowest BCUT2D eigenvalue weighted by Gasteiger charge is -2.35. The van der Waals surface area contributed by atoms with E-state index < -0.39 is 23.6 Å². The van der Waals surface area contributed by atoms with Gasteiger partial charge < -0.3 is 19.1 Å². The molecule has 210 valence electrons. The number of ether oxygens (including phenoxy) is 3. The van der Waals surface area contributed by atoms with E-state index in [0.717, 1.165) is 12.1 Å². The molecule has 2 aromatic heterocycles. The van der Waals surface area contributed by atoms with Crippen LogP contribution in [-0.4, -0.2) is 70.2 Å². The number of nitrogens with one attached hydrogen (secondary N) is 1. The number of nitrogens with zero attached hydrogens (tertiary/aromatic N) is 6. The first kappa shape index (κ1) is 26.2. The molecule has 3 aliphatic heterocycles. The molecule has 2 amide bonds. The zero-order valence-corrected chi connectivity index (χ0v) is 21.7. The Morgan fingerprint density at radius 2 is 2.08 bits per heavy atom. The van der Waals surface area contributed by atoms with E-state index in [2.05, 4.69) is 30.2 Å². The Labute approximate surface area is 227 Å². The number of amides is 2. The van der Waals surface area contributed by atoms with Gasteiger partial charge in [0.1, 0.15) is 12.7 Å². The van der Waals surface area contributed by atoms with Crippen LogP contribution in [-0.2, 0) is 15.7 Å². The van der Waals surface area contributed by atoms with E-state index in [-0.39, 0.29) is 41.8 Å². The number of urea groups is 1. The van der Waals surface area contributed by atoms with Crippen molar-refractivity contribution in [3.05, 3.63) is 48.4 Å². The molecule has 1 aromatic carbocycles. The molecule has 2 atom stereocenters. The van der Waals surface area contributed by atoms with Gasteiger partial charge in [-0.25, -0.2) is 14.8 Å². The first-order chi connectivity index (χ1) is 19.1. The van der Waals surface area contributed by atoms with Crippen molar-refractivity contribution in [2.75, 3.05) is 41.4 Å². The molecule has 6 rings (SSSR count). The standard InChI is InChI=1S/C26H26F3N7O4/c1-25(2)39-14-18(40-25)13-38-21-11-30-10-20(32-21)33-24(37)36-17-6-7-35(12-17)19-9-31-22(34-23(19)36)15-4-3-5-16(8-15)26(27,28)29/h3-5,8-11,17-18H,6-7,12-14H2,1-2H3,(H,32,33,37)/t17-,18-/m0/s1. The molecule has 11 nitrogen and oxygen atoms in total. The molecule has 3 aliphatic rings. The van der Waals surface area contributed by atoms with Crippen LogP contribution in [0.5, 0.6) is 5.88 Å². The van der Waals surface area contributed by atoms with Crippen molar-refractivity contribution in [1.82, 2.24) is 19.9 Å². The second-order valence-corrected chi connectivity index (χ2v) is 10.2. The van der Waals surface area contributed by atoms with Crippen LogP contribution in [0.3, 0.4) is 0 Å². The summed E-state index contributed by atoms with van der Waals surface area (Å²) in [6, 6.07) is 4.11. The maximum absolute atomic E-state index is 13.5. The van der Waals surface area contributed by atoms with Crippen LogP contribution < -0.4 is 19.9 Å². The predicted molar refractivity (Wildman–Crippen MR) is 137 cm³/mol. The third-order valence-electron chi connectivity index (χ3n) is 6.85. The van der Waals surface area contributed by atoms with Gasteiger partial charge in [0.15, 0.2) is 23.2 Å². The van der Waals surface area contributed by atoms with Crippen molar-refractivity contribution < 1.29 is 32.2 Å². The van der Waals surface area contributed by atoms with Gasteiger partial charge in [-0.2, -0.15) is 18.2 Å². The Bertz CT molecular complexity index is 1440. The third-order valence-corrected chi connectivity index (χ3v) is 6.85. The Morgan fingerprint density at radius 3 is 2.85 bits per heavy atom. The lowest BCUT2D eigenvalue weighted by atomic mass is 10.1. The molecule has 5 heterocycles. The quantitative estimate of drug-likeness (QED) is 0.495. The highest BCUT2D eigenvalue weighted by Crippen LogP contribution is 2.40. The van der Waals surface area contributed by atoms with Gasteiger partial charge >= 0.3 is 12.2 Å².